The number of hydrogen-bond donors (Lipinski definition) is 3. The van der Waals surface area contributed by atoms with E-state index in [-0.39, 0.29) is 45.5 Å². The van der Waals surface area contributed by atoms with Gasteiger partial charge in [-0.15, -0.1) is 0 Å². The Morgan fingerprint density at radius 1 is 1.21 bits per heavy atom. The van der Waals surface area contributed by atoms with Gasteiger partial charge in [0.2, 0.25) is 11.5 Å². The number of rotatable bonds is 7. The normalized spacial score (nSPS) is 18.1. The molecule has 2 amide bonds. The van der Waals surface area contributed by atoms with Crippen LogP contribution in [0.15, 0.2) is 48.5 Å². The summed E-state index contributed by atoms with van der Waals surface area (Å²) in [5.74, 6) is -2.25. The number of fused-ring (bicyclic) bond motifs is 1. The van der Waals surface area contributed by atoms with Gasteiger partial charge in [0.15, 0.2) is 0 Å². The van der Waals surface area contributed by atoms with Gasteiger partial charge in [-0.1, -0.05) is 11.6 Å². The molecule has 0 bridgehead atoms. The number of pyridine rings is 1. The minimum absolute atomic E-state index is 0.0342. The largest absolute Gasteiger partial charge is 0.495 e. The molecule has 1 aromatic heterocycles. The summed E-state index contributed by atoms with van der Waals surface area (Å²) in [4.78, 5) is 29.0. The molecule has 0 spiro atoms. The van der Waals surface area contributed by atoms with Crippen LogP contribution in [0.1, 0.15) is 28.5 Å². The second-order valence-corrected chi connectivity index (χ2v) is 9.52. The van der Waals surface area contributed by atoms with Crippen LogP contribution in [0.2, 0.25) is 5.02 Å². The van der Waals surface area contributed by atoms with Gasteiger partial charge >= 0.3 is 6.18 Å². The van der Waals surface area contributed by atoms with Crippen LogP contribution in [0, 0.1) is 5.82 Å². The predicted octanol–water partition coefficient (Wildman–Crippen LogP) is 3.87. The third kappa shape index (κ3) is 4.97. The van der Waals surface area contributed by atoms with Crippen LogP contribution in [0.5, 0.6) is 11.5 Å². The van der Waals surface area contributed by atoms with Crippen LogP contribution in [-0.4, -0.2) is 48.3 Å². The highest BCUT2D eigenvalue weighted by atomic mass is 35.5. The van der Waals surface area contributed by atoms with Crippen molar-refractivity contribution in [1.29, 1.82) is 0 Å². The number of benzene rings is 2. The van der Waals surface area contributed by atoms with Gasteiger partial charge in [0.25, 0.3) is 5.91 Å². The number of halogens is 5. The minimum atomic E-state index is -5.35. The van der Waals surface area contributed by atoms with Gasteiger partial charge in [0.05, 0.1) is 24.4 Å². The fourth-order valence-electron chi connectivity index (χ4n) is 4.06. The molecule has 2 heterocycles. The molecule has 0 saturated heterocycles. The Kier molecular flexibility index (Phi) is 7.21. The van der Waals surface area contributed by atoms with Crippen molar-refractivity contribution in [3.8, 4) is 22.8 Å². The Bertz CT molecular complexity index is 1450. The molecule has 4 N–H and O–H groups in total. The Balaban J connectivity index is 1.81. The van der Waals surface area contributed by atoms with Gasteiger partial charge in [-0.2, -0.15) is 13.2 Å². The summed E-state index contributed by atoms with van der Waals surface area (Å²) < 4.78 is 67.5. The van der Waals surface area contributed by atoms with Crippen molar-refractivity contribution in [1.82, 2.24) is 10.3 Å². The third-order valence-corrected chi connectivity index (χ3v) is 6.84. The Hall–Kier alpha value is -3.90. The van der Waals surface area contributed by atoms with Crippen molar-refractivity contribution >= 4 is 23.4 Å². The molecule has 2 atom stereocenters. The summed E-state index contributed by atoms with van der Waals surface area (Å²) in [6, 6.07) is 9.35. The number of methoxy groups -OCH3 is 1. The number of nitrogens with two attached hydrogens (primary N) is 1. The molecule has 1 unspecified atom stereocenters. The number of aliphatic hydroxyl groups is 1. The average molecular weight is 568 g/mol. The van der Waals surface area contributed by atoms with Gasteiger partial charge in [0.1, 0.15) is 35.0 Å². The Morgan fingerprint density at radius 2 is 1.87 bits per heavy atom. The van der Waals surface area contributed by atoms with E-state index < -0.39 is 47.1 Å². The van der Waals surface area contributed by atoms with E-state index in [1.807, 2.05) is 0 Å². The summed E-state index contributed by atoms with van der Waals surface area (Å²) in [7, 11) is 1.35. The minimum Gasteiger partial charge on any atom is -0.495 e. The first kappa shape index (κ1) is 28.1. The molecule has 3 aromatic rings. The zero-order valence-electron chi connectivity index (χ0n) is 20.5. The molecule has 39 heavy (non-hydrogen) atoms. The lowest BCUT2D eigenvalue weighted by molar-refractivity contribution is -0.265. The van der Waals surface area contributed by atoms with Crippen molar-refractivity contribution in [2.24, 2.45) is 5.73 Å². The standard InChI is InChI=1S/C26H22ClF4N3O5/c1-24(23(32)36)12-39-21-16(24)10-19(34-20(21)13-3-6-15(28)7-4-13)25(37,26(29,30)31)11-33-22(35)14-5-8-18(38-2)17(27)9-14/h3-10,37H,11-12H2,1-2H3,(H2,32,36)(H,33,35)/t24-,25?/m0/s1. The quantitative estimate of drug-likeness (QED) is 0.373. The number of nitrogens with zero attached hydrogens (tertiary/aromatic N) is 1. The number of hydrogen-bond acceptors (Lipinski definition) is 6. The summed E-state index contributed by atoms with van der Waals surface area (Å²) in [6.45, 7) is -0.264. The molecule has 4 rings (SSSR count). The number of aromatic nitrogens is 1. The van der Waals surface area contributed by atoms with Crippen LogP contribution in [0.4, 0.5) is 17.6 Å². The number of ether oxygens (including phenoxy) is 2. The summed E-state index contributed by atoms with van der Waals surface area (Å²) in [6.07, 6.45) is -5.35. The average Bonchev–Trinajstić information content (AvgIpc) is 3.24. The predicted molar refractivity (Wildman–Crippen MR) is 132 cm³/mol. The Morgan fingerprint density at radius 3 is 2.44 bits per heavy atom. The van der Waals surface area contributed by atoms with Gasteiger partial charge < -0.3 is 25.6 Å². The highest BCUT2D eigenvalue weighted by Gasteiger charge is 2.57. The number of nitrogens with one attached hydrogen (secondary N) is 1. The highest BCUT2D eigenvalue weighted by molar-refractivity contribution is 6.32. The van der Waals surface area contributed by atoms with Crippen molar-refractivity contribution in [3.05, 3.63) is 76.2 Å². The zero-order chi connectivity index (χ0) is 28.8. The fourth-order valence-corrected chi connectivity index (χ4v) is 4.31. The first-order chi connectivity index (χ1) is 18.2. The number of amides is 2. The number of carbonyl (C=O) groups excluding carboxylic acids is 2. The second kappa shape index (κ2) is 10.0. The fraction of sp³-hybridized carbons (Fsp3) is 0.269. The van der Waals surface area contributed by atoms with E-state index in [1.54, 1.807) is 0 Å². The second-order valence-electron chi connectivity index (χ2n) is 9.11. The molecular weight excluding hydrogens is 546 g/mol. The van der Waals surface area contributed by atoms with Gasteiger partial charge in [-0.25, -0.2) is 9.37 Å². The van der Waals surface area contributed by atoms with Gasteiger partial charge in [-0.05, 0) is 55.5 Å². The Labute approximate surface area is 224 Å². The summed E-state index contributed by atoms with van der Waals surface area (Å²) in [5.41, 5.74) is -0.818. The summed E-state index contributed by atoms with van der Waals surface area (Å²) in [5, 5.41) is 13.2. The SMILES string of the molecule is COc1ccc(C(=O)NCC(O)(c2cc3c(c(-c4ccc(F)cc4)n2)OC[C@]3(C)C(N)=O)C(F)(F)F)cc1Cl. The molecule has 0 fully saturated rings. The maximum atomic E-state index is 14.4. The molecule has 8 nitrogen and oxygen atoms in total. The van der Waals surface area contributed by atoms with E-state index >= 15 is 0 Å². The number of alkyl halides is 3. The molecule has 13 heteroatoms. The monoisotopic (exact) mass is 567 g/mol. The van der Waals surface area contributed by atoms with Crippen LogP contribution < -0.4 is 20.5 Å². The van der Waals surface area contributed by atoms with Crippen LogP contribution in [0.3, 0.4) is 0 Å². The zero-order valence-corrected chi connectivity index (χ0v) is 21.3. The summed E-state index contributed by atoms with van der Waals surface area (Å²) >= 11 is 6.01. The lowest BCUT2D eigenvalue weighted by Crippen LogP contribution is -2.51. The lowest BCUT2D eigenvalue weighted by atomic mass is 9.81. The van der Waals surface area contributed by atoms with Crippen LogP contribution in [0.25, 0.3) is 11.3 Å². The van der Waals surface area contributed by atoms with E-state index in [0.29, 0.717) is 0 Å². The van der Waals surface area contributed by atoms with Crippen molar-refractivity contribution in [3.63, 3.8) is 0 Å². The van der Waals surface area contributed by atoms with E-state index in [0.717, 1.165) is 18.2 Å². The smallest absolute Gasteiger partial charge is 0.424 e. The third-order valence-electron chi connectivity index (χ3n) is 6.55. The molecule has 0 saturated carbocycles. The maximum absolute atomic E-state index is 14.4. The molecule has 0 aliphatic carbocycles. The molecular formula is C26H22ClF4N3O5. The van der Waals surface area contributed by atoms with E-state index in [4.69, 9.17) is 26.8 Å². The number of primary amides is 1. The maximum Gasteiger partial charge on any atom is 0.424 e. The number of carbonyl (C=O) groups is 2. The lowest BCUT2D eigenvalue weighted by Gasteiger charge is -2.31. The molecule has 2 aromatic carbocycles. The molecule has 1 aliphatic rings. The van der Waals surface area contributed by atoms with E-state index in [9.17, 15) is 32.3 Å². The van der Waals surface area contributed by atoms with Crippen molar-refractivity contribution in [2.45, 2.75) is 24.1 Å². The van der Waals surface area contributed by atoms with Gasteiger partial charge in [-0.3, -0.25) is 9.59 Å². The first-order valence-electron chi connectivity index (χ1n) is 11.4. The topological polar surface area (TPSA) is 124 Å². The highest BCUT2D eigenvalue weighted by Crippen LogP contribution is 2.47. The molecule has 206 valence electrons. The van der Waals surface area contributed by atoms with E-state index in [2.05, 4.69) is 10.3 Å². The molecule has 1 aliphatic heterocycles. The van der Waals surface area contributed by atoms with Crippen LogP contribution >= 0.6 is 11.6 Å². The van der Waals surface area contributed by atoms with Crippen LogP contribution in [-0.2, 0) is 15.8 Å². The first-order valence-corrected chi connectivity index (χ1v) is 11.7. The van der Waals surface area contributed by atoms with Crippen molar-refractivity contribution < 1.29 is 41.7 Å². The van der Waals surface area contributed by atoms with Crippen molar-refractivity contribution in [2.75, 3.05) is 20.3 Å². The van der Waals surface area contributed by atoms with Gasteiger partial charge in [0, 0.05) is 16.7 Å². The molecule has 0 radical (unpaired) electrons. The van der Waals surface area contributed by atoms with E-state index in [1.165, 1.54) is 44.4 Å².